The highest BCUT2D eigenvalue weighted by atomic mass is 35.5. The molecule has 0 radical (unpaired) electrons. The summed E-state index contributed by atoms with van der Waals surface area (Å²) in [5, 5.41) is 16.4. The summed E-state index contributed by atoms with van der Waals surface area (Å²) < 4.78 is 1.97. The first-order valence-electron chi connectivity index (χ1n) is 11.1. The van der Waals surface area contributed by atoms with Gasteiger partial charge in [0.05, 0.1) is 18.8 Å². The number of hydrogen-bond donors (Lipinski definition) is 2. The average Bonchev–Trinajstić information content (AvgIpc) is 3.21. The largest absolute Gasteiger partial charge is 0.465 e. The second kappa shape index (κ2) is 10.4. The first kappa shape index (κ1) is 24.1. The lowest BCUT2D eigenvalue weighted by Crippen LogP contribution is -2.45. The fraction of sp³-hybridized carbons (Fsp3) is 0.522. The number of fused-ring (bicyclic) bond motifs is 1. The lowest BCUT2D eigenvalue weighted by atomic mass is 9.89. The molecule has 1 fully saturated rings. The third-order valence-corrected chi connectivity index (χ3v) is 6.38. The van der Waals surface area contributed by atoms with Gasteiger partial charge >= 0.3 is 6.09 Å². The number of hydrogen-bond acceptors (Lipinski definition) is 4. The van der Waals surface area contributed by atoms with Crippen LogP contribution in [0.5, 0.6) is 0 Å². The number of carbonyl (C=O) groups is 2. The maximum absolute atomic E-state index is 12.2. The van der Waals surface area contributed by atoms with Crippen LogP contribution in [0.25, 0.3) is 11.1 Å². The minimum atomic E-state index is -1.06. The predicted octanol–water partition coefficient (Wildman–Crippen LogP) is 3.91. The normalized spacial score (nSPS) is 20.9. The van der Waals surface area contributed by atoms with Crippen molar-refractivity contribution in [2.24, 2.45) is 0 Å². The van der Waals surface area contributed by atoms with E-state index in [1.54, 1.807) is 11.8 Å². The Morgan fingerprint density at radius 1 is 1.16 bits per heavy atom. The Morgan fingerprint density at radius 3 is 2.59 bits per heavy atom. The number of piperidine rings is 1. The average molecular weight is 462 g/mol. The number of likely N-dealkylation sites (tertiary alicyclic amines) is 1. The molecule has 1 saturated heterocycles. The van der Waals surface area contributed by atoms with Gasteiger partial charge in [0.1, 0.15) is 0 Å². The van der Waals surface area contributed by atoms with Crippen molar-refractivity contribution in [3.8, 4) is 11.1 Å². The third kappa shape index (κ3) is 5.24. The molecule has 1 aromatic carbocycles. The van der Waals surface area contributed by atoms with Gasteiger partial charge in [-0.25, -0.2) is 4.79 Å². The van der Waals surface area contributed by atoms with Crippen LogP contribution >= 0.6 is 12.4 Å². The maximum atomic E-state index is 12.2. The molecule has 1 aromatic heterocycles. The summed E-state index contributed by atoms with van der Waals surface area (Å²) in [6.07, 6.45) is 7.26. The van der Waals surface area contributed by atoms with Crippen molar-refractivity contribution in [1.82, 2.24) is 20.0 Å². The molecule has 4 rings (SSSR count). The number of nitrogens with one attached hydrogen (secondary N) is 1. The third-order valence-electron chi connectivity index (χ3n) is 6.38. The zero-order chi connectivity index (χ0) is 22.0. The van der Waals surface area contributed by atoms with E-state index in [4.69, 9.17) is 0 Å². The monoisotopic (exact) mass is 461 g/mol. The predicted molar refractivity (Wildman–Crippen MR) is 126 cm³/mol. The van der Waals surface area contributed by atoms with Crippen LogP contribution < -0.4 is 10.2 Å². The van der Waals surface area contributed by atoms with E-state index in [9.17, 15) is 14.7 Å². The molecule has 32 heavy (non-hydrogen) atoms. The Hall–Kier alpha value is -2.58. The number of aromatic nitrogens is 2. The molecule has 2 aliphatic heterocycles. The van der Waals surface area contributed by atoms with Crippen molar-refractivity contribution in [3.63, 3.8) is 0 Å². The molecule has 8 nitrogen and oxygen atoms in total. The van der Waals surface area contributed by atoms with Gasteiger partial charge in [0, 0.05) is 37.0 Å². The summed E-state index contributed by atoms with van der Waals surface area (Å²) in [5.41, 5.74) is 3.56. The molecule has 2 aliphatic rings. The van der Waals surface area contributed by atoms with Gasteiger partial charge in [0.25, 0.3) is 0 Å². The minimum Gasteiger partial charge on any atom is -0.465 e. The molecular formula is C23H32ClN5O3. The zero-order valence-electron chi connectivity index (χ0n) is 18.7. The molecule has 2 atom stereocenters. The smallest absolute Gasteiger partial charge is 0.405 e. The lowest BCUT2D eigenvalue weighted by Gasteiger charge is -2.39. The SMILES string of the molecule is CC(=O)N1c2ccc(-c3cnn(CCN4CCCCC4)c3)cc2C(NC(=O)O)CC1C.Cl. The van der Waals surface area contributed by atoms with E-state index in [0.29, 0.717) is 6.42 Å². The molecule has 0 saturated carbocycles. The zero-order valence-corrected chi connectivity index (χ0v) is 19.5. The van der Waals surface area contributed by atoms with Crippen LogP contribution in [0.2, 0.25) is 0 Å². The maximum Gasteiger partial charge on any atom is 0.405 e. The molecule has 2 unspecified atom stereocenters. The summed E-state index contributed by atoms with van der Waals surface area (Å²) in [5.74, 6) is -0.0409. The molecule has 3 heterocycles. The van der Waals surface area contributed by atoms with Crippen LogP contribution in [0.1, 0.15) is 51.1 Å². The minimum absolute atomic E-state index is 0. The first-order valence-corrected chi connectivity index (χ1v) is 11.1. The molecule has 0 bridgehead atoms. The molecular weight excluding hydrogens is 430 g/mol. The number of amides is 2. The second-order valence-electron chi connectivity index (χ2n) is 8.64. The Kier molecular flexibility index (Phi) is 7.79. The summed E-state index contributed by atoms with van der Waals surface area (Å²) in [6.45, 7) is 7.68. The van der Waals surface area contributed by atoms with Crippen LogP contribution in [0.15, 0.2) is 30.6 Å². The van der Waals surface area contributed by atoms with Gasteiger partial charge in [-0.1, -0.05) is 12.5 Å². The summed E-state index contributed by atoms with van der Waals surface area (Å²) in [7, 11) is 0. The standard InChI is InChI=1S/C23H31N5O3.ClH/c1-16-12-21(25-23(30)31)20-13-18(6-7-22(20)28(16)17(2)29)19-14-24-27(15-19)11-10-26-8-4-3-5-9-26;/h6-7,13-16,21,25H,3-5,8-12H2,1-2H3,(H,30,31);1H. The van der Waals surface area contributed by atoms with Gasteiger partial charge in [-0.3, -0.25) is 9.48 Å². The second-order valence-corrected chi connectivity index (χ2v) is 8.64. The lowest BCUT2D eigenvalue weighted by molar-refractivity contribution is -0.117. The molecule has 0 spiro atoms. The van der Waals surface area contributed by atoms with Crippen molar-refractivity contribution in [1.29, 1.82) is 0 Å². The fourth-order valence-electron chi connectivity index (χ4n) is 4.87. The molecule has 0 aliphatic carbocycles. The van der Waals surface area contributed by atoms with Crippen LogP contribution in [0.3, 0.4) is 0 Å². The summed E-state index contributed by atoms with van der Waals surface area (Å²) >= 11 is 0. The summed E-state index contributed by atoms with van der Waals surface area (Å²) in [4.78, 5) is 27.8. The number of rotatable bonds is 5. The van der Waals surface area contributed by atoms with Gasteiger partial charge in [0.15, 0.2) is 0 Å². The fourth-order valence-corrected chi connectivity index (χ4v) is 4.87. The van der Waals surface area contributed by atoms with Crippen molar-refractivity contribution < 1.29 is 14.7 Å². The van der Waals surface area contributed by atoms with Gasteiger partial charge in [-0.05, 0) is 62.5 Å². The van der Waals surface area contributed by atoms with Gasteiger partial charge in [0.2, 0.25) is 5.91 Å². The number of halogens is 1. The number of benzene rings is 1. The topological polar surface area (TPSA) is 90.7 Å². The van der Waals surface area contributed by atoms with Crippen LogP contribution in [0, 0.1) is 0 Å². The Bertz CT molecular complexity index is 957. The van der Waals surface area contributed by atoms with Crippen molar-refractivity contribution >= 4 is 30.1 Å². The highest BCUT2D eigenvalue weighted by molar-refractivity contribution is 5.94. The van der Waals surface area contributed by atoms with Crippen molar-refractivity contribution in [3.05, 3.63) is 36.2 Å². The number of anilines is 1. The van der Waals surface area contributed by atoms with E-state index in [1.807, 2.05) is 42.2 Å². The van der Waals surface area contributed by atoms with Crippen LogP contribution in [0.4, 0.5) is 10.5 Å². The molecule has 2 aromatic rings. The molecule has 2 N–H and O–H groups in total. The van der Waals surface area contributed by atoms with E-state index >= 15 is 0 Å². The number of carboxylic acid groups (broad SMARTS) is 1. The van der Waals surface area contributed by atoms with Gasteiger partial charge < -0.3 is 20.2 Å². The Labute approximate surface area is 195 Å². The van der Waals surface area contributed by atoms with E-state index < -0.39 is 6.09 Å². The van der Waals surface area contributed by atoms with E-state index in [-0.39, 0.29) is 30.4 Å². The van der Waals surface area contributed by atoms with Gasteiger partial charge in [-0.15, -0.1) is 12.4 Å². The Balaban J connectivity index is 0.00000289. The van der Waals surface area contributed by atoms with Crippen LogP contribution in [-0.4, -0.2) is 57.5 Å². The highest BCUT2D eigenvalue weighted by Crippen LogP contribution is 2.39. The van der Waals surface area contributed by atoms with Crippen molar-refractivity contribution in [2.75, 3.05) is 24.5 Å². The molecule has 9 heteroatoms. The quantitative estimate of drug-likeness (QED) is 0.704. The highest BCUT2D eigenvalue weighted by Gasteiger charge is 2.33. The molecule has 174 valence electrons. The van der Waals surface area contributed by atoms with Gasteiger partial charge in [-0.2, -0.15) is 5.10 Å². The Morgan fingerprint density at radius 2 is 1.91 bits per heavy atom. The molecule has 2 amide bonds. The first-order chi connectivity index (χ1) is 14.9. The van der Waals surface area contributed by atoms with E-state index in [1.165, 1.54) is 32.4 Å². The number of nitrogens with zero attached hydrogens (tertiary/aromatic N) is 4. The van der Waals surface area contributed by atoms with Crippen molar-refractivity contribution in [2.45, 2.75) is 58.2 Å². The summed E-state index contributed by atoms with van der Waals surface area (Å²) in [6, 6.07) is 5.46. The number of carbonyl (C=O) groups excluding carboxylic acids is 1. The van der Waals surface area contributed by atoms with Crippen LogP contribution in [-0.2, 0) is 11.3 Å². The van der Waals surface area contributed by atoms with E-state index in [0.717, 1.165) is 35.5 Å². The van der Waals surface area contributed by atoms with E-state index in [2.05, 4.69) is 15.3 Å².